The van der Waals surface area contributed by atoms with E-state index in [0.29, 0.717) is 29.0 Å². The molecule has 0 bridgehead atoms. The molecule has 7 nitrogen and oxygen atoms in total. The van der Waals surface area contributed by atoms with Gasteiger partial charge in [0.15, 0.2) is 0 Å². The van der Waals surface area contributed by atoms with Crippen LogP contribution in [0.3, 0.4) is 0 Å². The number of ether oxygens (including phenoxy) is 1. The molecule has 27 heavy (non-hydrogen) atoms. The van der Waals surface area contributed by atoms with Gasteiger partial charge in [0.05, 0.1) is 11.5 Å². The van der Waals surface area contributed by atoms with E-state index >= 15 is 0 Å². The molecule has 0 saturated carbocycles. The van der Waals surface area contributed by atoms with Gasteiger partial charge in [-0.15, -0.1) is 0 Å². The van der Waals surface area contributed by atoms with Crippen LogP contribution in [0, 0.1) is 12.8 Å². The number of furan rings is 1. The average molecular weight is 394 g/mol. The molecule has 1 unspecified atom stereocenters. The maximum absolute atomic E-state index is 12.6. The number of carbonyl (C=O) groups excluding carboxylic acids is 1. The van der Waals surface area contributed by atoms with Crippen molar-refractivity contribution in [3.05, 3.63) is 29.5 Å². The van der Waals surface area contributed by atoms with Crippen molar-refractivity contribution in [2.75, 3.05) is 26.2 Å². The number of carbonyl (C=O) groups is 1. The quantitative estimate of drug-likeness (QED) is 0.701. The van der Waals surface area contributed by atoms with Gasteiger partial charge in [0.25, 0.3) is 0 Å². The molecule has 8 heteroatoms. The van der Waals surface area contributed by atoms with Gasteiger partial charge in [0.2, 0.25) is 15.8 Å². The first-order chi connectivity index (χ1) is 12.9. The van der Waals surface area contributed by atoms with Crippen LogP contribution in [-0.2, 0) is 14.8 Å². The van der Waals surface area contributed by atoms with Crippen LogP contribution in [0.15, 0.2) is 27.5 Å². The van der Waals surface area contributed by atoms with Crippen LogP contribution in [-0.4, -0.2) is 40.6 Å². The molecule has 1 aliphatic heterocycles. The Bertz CT molecular complexity index is 914. The molecule has 0 radical (unpaired) electrons. The Morgan fingerprint density at radius 1 is 1.41 bits per heavy atom. The summed E-state index contributed by atoms with van der Waals surface area (Å²) < 4.78 is 38.4. The predicted octanol–water partition coefficient (Wildman–Crippen LogP) is 2.59. The van der Waals surface area contributed by atoms with Crippen molar-refractivity contribution in [3.8, 4) is 0 Å². The normalized spacial score (nSPS) is 17.9. The summed E-state index contributed by atoms with van der Waals surface area (Å²) in [6, 6.07) is 4.61. The molecule has 2 N–H and O–H groups in total. The molecule has 1 aromatic carbocycles. The van der Waals surface area contributed by atoms with Crippen LogP contribution in [0.1, 0.15) is 42.3 Å². The van der Waals surface area contributed by atoms with Gasteiger partial charge in [0.1, 0.15) is 5.58 Å². The summed E-state index contributed by atoms with van der Waals surface area (Å²) in [6.07, 6.45) is 3.08. The smallest absolute Gasteiger partial charge is 0.374 e. The summed E-state index contributed by atoms with van der Waals surface area (Å²) in [5, 5.41) is 3.93. The number of esters is 1. The van der Waals surface area contributed by atoms with Crippen LogP contribution in [0.4, 0.5) is 0 Å². The molecule has 1 aromatic heterocycles. The van der Waals surface area contributed by atoms with Crippen molar-refractivity contribution < 1.29 is 22.4 Å². The van der Waals surface area contributed by atoms with Crippen molar-refractivity contribution in [2.45, 2.75) is 38.0 Å². The fourth-order valence-corrected chi connectivity index (χ4v) is 4.48. The van der Waals surface area contributed by atoms with Gasteiger partial charge in [-0.25, -0.2) is 17.9 Å². The number of aryl methyl sites for hydroxylation is 1. The summed E-state index contributed by atoms with van der Waals surface area (Å²) in [5.41, 5.74) is 1.04. The van der Waals surface area contributed by atoms with Crippen molar-refractivity contribution in [3.63, 3.8) is 0 Å². The van der Waals surface area contributed by atoms with Gasteiger partial charge in [-0.1, -0.05) is 0 Å². The lowest BCUT2D eigenvalue weighted by molar-refractivity contribution is 0.0491. The minimum absolute atomic E-state index is 0.110. The minimum atomic E-state index is -3.62. The fourth-order valence-electron chi connectivity index (χ4n) is 3.41. The molecule has 3 rings (SSSR count). The molecular formula is C19H26N2O5S. The van der Waals surface area contributed by atoms with E-state index in [2.05, 4.69) is 10.0 Å². The van der Waals surface area contributed by atoms with Gasteiger partial charge in [-0.3, -0.25) is 0 Å². The molecule has 0 aliphatic carbocycles. The third kappa shape index (κ3) is 4.51. The summed E-state index contributed by atoms with van der Waals surface area (Å²) >= 11 is 0. The molecule has 2 heterocycles. The number of hydrogen-bond acceptors (Lipinski definition) is 6. The summed E-state index contributed by atoms with van der Waals surface area (Å²) in [6.45, 7) is 6.08. The third-order valence-corrected chi connectivity index (χ3v) is 6.38. The standard InChI is InChI=1S/C19H26N2O5S/c1-3-25-19(22)18-13(2)16-11-15(6-7-17(16)26-18)27(23,24)21-10-8-14-5-4-9-20-12-14/h6-7,11,14,20-21H,3-5,8-10,12H2,1-2H3. The van der Waals surface area contributed by atoms with Gasteiger partial charge < -0.3 is 14.5 Å². The number of piperidine rings is 1. The van der Waals surface area contributed by atoms with Crippen LogP contribution in [0.5, 0.6) is 0 Å². The van der Waals surface area contributed by atoms with Crippen LogP contribution < -0.4 is 10.0 Å². The van der Waals surface area contributed by atoms with Crippen LogP contribution in [0.25, 0.3) is 11.0 Å². The molecule has 1 saturated heterocycles. The van der Waals surface area contributed by atoms with Gasteiger partial charge in [-0.05, 0) is 70.3 Å². The second-order valence-corrected chi connectivity index (χ2v) is 8.60. The molecule has 1 aliphatic rings. The maximum Gasteiger partial charge on any atom is 0.374 e. The lowest BCUT2D eigenvalue weighted by Gasteiger charge is -2.22. The predicted molar refractivity (Wildman–Crippen MR) is 102 cm³/mol. The highest BCUT2D eigenvalue weighted by molar-refractivity contribution is 7.89. The maximum atomic E-state index is 12.6. The molecule has 0 amide bonds. The zero-order valence-corrected chi connectivity index (χ0v) is 16.5. The fraction of sp³-hybridized carbons (Fsp3) is 0.526. The number of hydrogen-bond donors (Lipinski definition) is 2. The van der Waals surface area contributed by atoms with E-state index in [4.69, 9.17) is 9.15 Å². The Labute approximate surface area is 159 Å². The second kappa shape index (κ2) is 8.41. The zero-order chi connectivity index (χ0) is 19.4. The van der Waals surface area contributed by atoms with Crippen LogP contribution >= 0.6 is 0 Å². The topological polar surface area (TPSA) is 97.6 Å². The number of sulfonamides is 1. The van der Waals surface area contributed by atoms with Crippen LogP contribution in [0.2, 0.25) is 0 Å². The highest BCUT2D eigenvalue weighted by Crippen LogP contribution is 2.28. The second-order valence-electron chi connectivity index (χ2n) is 6.83. The Morgan fingerprint density at radius 3 is 2.93 bits per heavy atom. The van der Waals surface area contributed by atoms with E-state index in [1.807, 2.05) is 0 Å². The van der Waals surface area contributed by atoms with Crippen molar-refractivity contribution >= 4 is 27.0 Å². The minimum Gasteiger partial charge on any atom is -0.460 e. The molecule has 0 spiro atoms. The first-order valence-corrected chi connectivity index (χ1v) is 10.8. The van der Waals surface area contributed by atoms with E-state index in [1.54, 1.807) is 26.0 Å². The average Bonchev–Trinajstić information content (AvgIpc) is 2.99. The number of nitrogens with one attached hydrogen (secondary N) is 2. The van der Waals surface area contributed by atoms with Gasteiger partial charge in [-0.2, -0.15) is 0 Å². The van der Waals surface area contributed by atoms with Gasteiger partial charge >= 0.3 is 5.97 Å². The first-order valence-electron chi connectivity index (χ1n) is 9.33. The lowest BCUT2D eigenvalue weighted by atomic mass is 9.96. The zero-order valence-electron chi connectivity index (χ0n) is 15.7. The Hall–Kier alpha value is -1.90. The van der Waals surface area contributed by atoms with E-state index in [-0.39, 0.29) is 17.3 Å². The van der Waals surface area contributed by atoms with E-state index in [1.165, 1.54) is 6.07 Å². The van der Waals surface area contributed by atoms with Gasteiger partial charge in [0, 0.05) is 17.5 Å². The monoisotopic (exact) mass is 394 g/mol. The molecular weight excluding hydrogens is 368 g/mol. The van der Waals surface area contributed by atoms with Crippen molar-refractivity contribution in [1.82, 2.24) is 10.0 Å². The summed E-state index contributed by atoms with van der Waals surface area (Å²) in [7, 11) is -3.62. The summed E-state index contributed by atoms with van der Waals surface area (Å²) in [5.74, 6) is 0.0705. The Kier molecular flexibility index (Phi) is 6.18. The Morgan fingerprint density at radius 2 is 2.22 bits per heavy atom. The third-order valence-electron chi connectivity index (χ3n) is 4.92. The Balaban J connectivity index is 1.74. The molecule has 1 fully saturated rings. The number of rotatable bonds is 7. The molecule has 148 valence electrons. The first kappa shape index (κ1) is 19.9. The number of benzene rings is 1. The highest BCUT2D eigenvalue weighted by Gasteiger charge is 2.22. The lowest BCUT2D eigenvalue weighted by Crippen LogP contribution is -2.33. The van der Waals surface area contributed by atoms with E-state index in [9.17, 15) is 13.2 Å². The summed E-state index contributed by atoms with van der Waals surface area (Å²) in [4.78, 5) is 12.1. The van der Waals surface area contributed by atoms with Crippen molar-refractivity contribution in [2.24, 2.45) is 5.92 Å². The number of fused-ring (bicyclic) bond motifs is 1. The van der Waals surface area contributed by atoms with E-state index in [0.717, 1.165) is 32.4 Å². The van der Waals surface area contributed by atoms with Crippen molar-refractivity contribution in [1.29, 1.82) is 0 Å². The van der Waals surface area contributed by atoms with E-state index < -0.39 is 16.0 Å². The molecule has 1 atom stereocenters. The molecule has 2 aromatic rings. The SMILES string of the molecule is CCOC(=O)c1oc2ccc(S(=O)(=O)NCCC3CCCNC3)cc2c1C. The highest BCUT2D eigenvalue weighted by atomic mass is 32.2. The largest absolute Gasteiger partial charge is 0.460 e.